The van der Waals surface area contributed by atoms with Crippen LogP contribution in [0.4, 0.5) is 5.69 Å². The average Bonchev–Trinajstić information content (AvgIpc) is 3.06. The second-order valence-electron chi connectivity index (χ2n) is 4.41. The molecule has 3 rings (SSSR count). The molecule has 1 aromatic carbocycles. The van der Waals surface area contributed by atoms with E-state index < -0.39 is 5.97 Å². The lowest BCUT2D eigenvalue weighted by atomic mass is 10.3. The van der Waals surface area contributed by atoms with Crippen molar-refractivity contribution < 1.29 is 9.90 Å². The molecule has 2 N–H and O–H groups in total. The monoisotopic (exact) mass is 338 g/mol. The minimum atomic E-state index is -0.813. The van der Waals surface area contributed by atoms with Gasteiger partial charge in [0.05, 0.1) is 27.3 Å². The lowest BCUT2D eigenvalue weighted by molar-refractivity contribution is -0.136. The van der Waals surface area contributed by atoms with Crippen molar-refractivity contribution in [3.8, 4) is 0 Å². The number of hydrogen-bond donors (Lipinski definition) is 2. The maximum atomic E-state index is 10.7. The highest BCUT2D eigenvalue weighted by molar-refractivity contribution is 7.16. The van der Waals surface area contributed by atoms with E-state index >= 15 is 0 Å². The van der Waals surface area contributed by atoms with E-state index in [1.54, 1.807) is 16.8 Å². The summed E-state index contributed by atoms with van der Waals surface area (Å²) in [6, 6.07) is 7.59. The van der Waals surface area contributed by atoms with E-state index in [-0.39, 0.29) is 6.42 Å². The first-order valence-corrected chi connectivity index (χ1v) is 8.26. The Hall–Kier alpha value is -1.63. The van der Waals surface area contributed by atoms with Gasteiger partial charge in [-0.2, -0.15) is 0 Å². The number of carboxylic acid groups (broad SMARTS) is 1. The first kappa shape index (κ1) is 14.3. The van der Waals surface area contributed by atoms with Crippen LogP contribution in [0.2, 0.25) is 5.02 Å². The van der Waals surface area contributed by atoms with Gasteiger partial charge >= 0.3 is 5.97 Å². The molecule has 0 aliphatic carbocycles. The van der Waals surface area contributed by atoms with Crippen molar-refractivity contribution in [2.45, 2.75) is 13.0 Å². The number of nitrogens with zero attached hydrogens (tertiary/aromatic N) is 1. The highest BCUT2D eigenvalue weighted by Gasteiger charge is 2.10. The van der Waals surface area contributed by atoms with Crippen LogP contribution in [0.1, 0.15) is 9.75 Å². The molecule has 0 saturated carbocycles. The van der Waals surface area contributed by atoms with Crippen LogP contribution in [-0.4, -0.2) is 16.1 Å². The molecule has 0 radical (unpaired) electrons. The van der Waals surface area contributed by atoms with Crippen molar-refractivity contribution in [3.63, 3.8) is 0 Å². The van der Waals surface area contributed by atoms with Gasteiger partial charge in [0.2, 0.25) is 0 Å². The average molecular weight is 339 g/mol. The summed E-state index contributed by atoms with van der Waals surface area (Å²) in [6.07, 6.45) is 0.0626. The summed E-state index contributed by atoms with van der Waals surface area (Å²) in [6.45, 7) is 0.598. The molecule has 0 bridgehead atoms. The zero-order chi connectivity index (χ0) is 14.8. The molecule has 0 saturated heterocycles. The molecule has 0 spiro atoms. The molecular weight excluding hydrogens is 328 g/mol. The van der Waals surface area contributed by atoms with Gasteiger partial charge in [0.1, 0.15) is 5.52 Å². The number of carbonyl (C=O) groups is 1. The minimum Gasteiger partial charge on any atom is -0.481 e. The van der Waals surface area contributed by atoms with E-state index in [0.29, 0.717) is 11.6 Å². The number of fused-ring (bicyclic) bond motifs is 1. The van der Waals surface area contributed by atoms with Crippen molar-refractivity contribution in [1.29, 1.82) is 0 Å². The van der Waals surface area contributed by atoms with Crippen LogP contribution in [0, 0.1) is 0 Å². The Morgan fingerprint density at radius 3 is 2.90 bits per heavy atom. The molecule has 0 atom stereocenters. The third-order valence-electron chi connectivity index (χ3n) is 2.93. The van der Waals surface area contributed by atoms with Gasteiger partial charge in [-0.25, -0.2) is 4.98 Å². The van der Waals surface area contributed by atoms with E-state index in [2.05, 4.69) is 10.3 Å². The van der Waals surface area contributed by atoms with Crippen LogP contribution in [0.5, 0.6) is 0 Å². The maximum absolute atomic E-state index is 10.7. The fourth-order valence-electron chi connectivity index (χ4n) is 2.01. The smallest absolute Gasteiger partial charge is 0.308 e. The quantitative estimate of drug-likeness (QED) is 0.730. The topological polar surface area (TPSA) is 62.2 Å². The zero-order valence-corrected chi connectivity index (χ0v) is 13.2. The van der Waals surface area contributed by atoms with E-state index in [4.69, 9.17) is 16.7 Å². The minimum absolute atomic E-state index is 0.0626. The van der Waals surface area contributed by atoms with Crippen molar-refractivity contribution in [2.24, 2.45) is 0 Å². The molecule has 21 heavy (non-hydrogen) atoms. The third-order valence-corrected chi connectivity index (χ3v) is 5.13. The second-order valence-corrected chi connectivity index (χ2v) is 6.96. The lowest BCUT2D eigenvalue weighted by Crippen LogP contribution is -1.99. The molecule has 2 heterocycles. The number of rotatable bonds is 5. The summed E-state index contributed by atoms with van der Waals surface area (Å²) in [5.74, 6) is -0.813. The van der Waals surface area contributed by atoms with Crippen molar-refractivity contribution in [1.82, 2.24) is 4.98 Å². The summed E-state index contributed by atoms with van der Waals surface area (Å²) in [5, 5.41) is 12.7. The molecular formula is C14H11ClN2O2S2. The van der Waals surface area contributed by atoms with E-state index in [1.807, 2.05) is 24.3 Å². The number of aliphatic carboxylic acids is 1. The standard InChI is InChI=1S/C14H11ClN2O2S2/c15-10-3-4-11-14(17-7-20-11)13(10)16-6-9-2-1-8(21-9)5-12(18)19/h1-4,7,16H,5-6H2,(H,18,19). The van der Waals surface area contributed by atoms with Crippen LogP contribution >= 0.6 is 34.3 Å². The van der Waals surface area contributed by atoms with Gasteiger partial charge in [0, 0.05) is 16.3 Å². The van der Waals surface area contributed by atoms with E-state index in [9.17, 15) is 4.79 Å². The van der Waals surface area contributed by atoms with Crippen LogP contribution in [-0.2, 0) is 17.8 Å². The SMILES string of the molecule is O=C(O)Cc1ccc(CNc2c(Cl)ccc3scnc23)s1. The third kappa shape index (κ3) is 3.18. The fourth-order valence-corrected chi connectivity index (χ4v) is 3.86. The number of anilines is 1. The summed E-state index contributed by atoms with van der Waals surface area (Å²) >= 11 is 9.29. The summed E-state index contributed by atoms with van der Waals surface area (Å²) < 4.78 is 1.08. The Morgan fingerprint density at radius 1 is 1.29 bits per heavy atom. The number of halogens is 1. The Labute approximate surface area is 134 Å². The summed E-state index contributed by atoms with van der Waals surface area (Å²) in [7, 11) is 0. The Kier molecular flexibility index (Phi) is 4.10. The largest absolute Gasteiger partial charge is 0.481 e. The molecule has 108 valence electrons. The number of benzene rings is 1. The van der Waals surface area contributed by atoms with E-state index in [0.717, 1.165) is 25.7 Å². The number of thiazole rings is 1. The normalized spacial score (nSPS) is 10.9. The predicted molar refractivity (Wildman–Crippen MR) is 87.6 cm³/mol. The van der Waals surface area contributed by atoms with Gasteiger partial charge in [-0.3, -0.25) is 4.79 Å². The second kappa shape index (κ2) is 6.01. The fraction of sp³-hybridized carbons (Fsp3) is 0.143. The molecule has 3 aromatic rings. The van der Waals surface area contributed by atoms with Crippen LogP contribution in [0.25, 0.3) is 10.2 Å². The predicted octanol–water partition coefficient (Wildman–Crippen LogP) is 4.25. The number of carboxylic acids is 1. The van der Waals surface area contributed by atoms with Gasteiger partial charge in [-0.1, -0.05) is 11.6 Å². The first-order chi connectivity index (χ1) is 10.1. The molecule has 7 heteroatoms. The van der Waals surface area contributed by atoms with E-state index in [1.165, 1.54) is 11.3 Å². The van der Waals surface area contributed by atoms with Gasteiger partial charge in [0.15, 0.2) is 0 Å². The van der Waals surface area contributed by atoms with Crippen molar-refractivity contribution >= 4 is 56.1 Å². The molecule has 4 nitrogen and oxygen atoms in total. The number of hydrogen-bond acceptors (Lipinski definition) is 5. The summed E-state index contributed by atoms with van der Waals surface area (Å²) in [5.41, 5.74) is 3.49. The van der Waals surface area contributed by atoms with Crippen LogP contribution in [0.15, 0.2) is 29.8 Å². The zero-order valence-electron chi connectivity index (χ0n) is 10.8. The molecule has 0 aliphatic rings. The van der Waals surface area contributed by atoms with Crippen molar-refractivity contribution in [3.05, 3.63) is 44.6 Å². The lowest BCUT2D eigenvalue weighted by Gasteiger charge is -2.07. The number of thiophene rings is 1. The molecule has 0 amide bonds. The van der Waals surface area contributed by atoms with Crippen LogP contribution in [0.3, 0.4) is 0 Å². The molecule has 0 fully saturated rings. The molecule has 0 aliphatic heterocycles. The van der Waals surface area contributed by atoms with Crippen LogP contribution < -0.4 is 5.32 Å². The Bertz CT molecular complexity index is 797. The molecule has 0 unspecified atom stereocenters. The van der Waals surface area contributed by atoms with Gasteiger partial charge < -0.3 is 10.4 Å². The van der Waals surface area contributed by atoms with Gasteiger partial charge in [-0.15, -0.1) is 22.7 Å². The molecule has 2 aromatic heterocycles. The highest BCUT2D eigenvalue weighted by Crippen LogP contribution is 2.33. The summed E-state index contributed by atoms with van der Waals surface area (Å²) in [4.78, 5) is 16.9. The number of aromatic nitrogens is 1. The highest BCUT2D eigenvalue weighted by atomic mass is 35.5. The Morgan fingerprint density at radius 2 is 2.10 bits per heavy atom. The van der Waals surface area contributed by atoms with Crippen molar-refractivity contribution in [2.75, 3.05) is 5.32 Å². The maximum Gasteiger partial charge on any atom is 0.308 e. The Balaban J connectivity index is 1.77. The van der Waals surface area contributed by atoms with Gasteiger partial charge in [-0.05, 0) is 24.3 Å². The number of nitrogens with one attached hydrogen (secondary N) is 1. The van der Waals surface area contributed by atoms with Gasteiger partial charge in [0.25, 0.3) is 0 Å². The first-order valence-electron chi connectivity index (χ1n) is 6.18.